The number of hydrogen-bond acceptors (Lipinski definition) is 5. The Bertz CT molecular complexity index is 389. The van der Waals surface area contributed by atoms with E-state index in [2.05, 4.69) is 0 Å². The molecule has 0 heterocycles. The molecule has 18 heavy (non-hydrogen) atoms. The van der Waals surface area contributed by atoms with E-state index < -0.39 is 6.16 Å². The second-order valence-corrected chi connectivity index (χ2v) is 3.62. The second-order valence-electron chi connectivity index (χ2n) is 3.62. The topological polar surface area (TPSA) is 65.0 Å². The molecule has 0 amide bonds. The van der Waals surface area contributed by atoms with Crippen LogP contribution in [0.25, 0.3) is 0 Å². The Morgan fingerprint density at radius 1 is 1.33 bits per heavy atom. The van der Waals surface area contributed by atoms with Gasteiger partial charge in [-0.25, -0.2) is 4.79 Å². The van der Waals surface area contributed by atoms with Gasteiger partial charge in [0.15, 0.2) is 11.5 Å². The molecule has 0 aliphatic carbocycles. The Labute approximate surface area is 106 Å². The third kappa shape index (κ3) is 4.53. The zero-order valence-corrected chi connectivity index (χ0v) is 10.6. The number of unbranched alkanes of at least 4 members (excludes halogenated alkanes) is 1. The molecule has 1 N–H and O–H groups in total. The molecule has 0 unspecified atom stereocenters. The molecule has 100 valence electrons. The zero-order chi connectivity index (χ0) is 13.4. The first-order valence-corrected chi connectivity index (χ1v) is 5.97. The average molecular weight is 254 g/mol. The maximum atomic E-state index is 11.3. The van der Waals surface area contributed by atoms with Crippen LogP contribution in [0.5, 0.6) is 17.2 Å². The lowest BCUT2D eigenvalue weighted by Gasteiger charge is -2.08. The SMILES string of the molecule is CCCCOC(=O)Oc1ccc(OCC)c(O)c1. The molecule has 0 spiro atoms. The molecule has 1 aromatic carbocycles. The maximum absolute atomic E-state index is 11.3. The van der Waals surface area contributed by atoms with Gasteiger partial charge in [0.25, 0.3) is 0 Å². The minimum absolute atomic E-state index is 0.0734. The van der Waals surface area contributed by atoms with E-state index >= 15 is 0 Å². The molecule has 1 rings (SSSR count). The summed E-state index contributed by atoms with van der Waals surface area (Å²) in [7, 11) is 0. The van der Waals surface area contributed by atoms with Gasteiger partial charge in [-0.3, -0.25) is 0 Å². The summed E-state index contributed by atoms with van der Waals surface area (Å²) in [5.41, 5.74) is 0. The van der Waals surface area contributed by atoms with Gasteiger partial charge in [-0.15, -0.1) is 0 Å². The van der Waals surface area contributed by atoms with Gasteiger partial charge in [0.2, 0.25) is 0 Å². The Morgan fingerprint density at radius 2 is 2.11 bits per heavy atom. The molecule has 0 radical (unpaired) electrons. The normalized spacial score (nSPS) is 9.89. The minimum Gasteiger partial charge on any atom is -0.504 e. The van der Waals surface area contributed by atoms with Crippen molar-refractivity contribution in [2.75, 3.05) is 13.2 Å². The summed E-state index contributed by atoms with van der Waals surface area (Å²) in [4.78, 5) is 11.3. The van der Waals surface area contributed by atoms with Crippen LogP contribution in [-0.4, -0.2) is 24.5 Å². The van der Waals surface area contributed by atoms with Crippen molar-refractivity contribution in [3.05, 3.63) is 18.2 Å². The molecule has 0 aliphatic rings. The van der Waals surface area contributed by atoms with Crippen LogP contribution in [0.15, 0.2) is 18.2 Å². The summed E-state index contributed by atoms with van der Waals surface area (Å²) in [6, 6.07) is 4.38. The fourth-order valence-electron chi connectivity index (χ4n) is 1.26. The molecule has 0 aromatic heterocycles. The summed E-state index contributed by atoms with van der Waals surface area (Å²) in [5, 5.41) is 9.59. The van der Waals surface area contributed by atoms with Crippen molar-refractivity contribution in [3.63, 3.8) is 0 Å². The van der Waals surface area contributed by atoms with Gasteiger partial charge in [0.1, 0.15) is 5.75 Å². The standard InChI is InChI=1S/C13H18O5/c1-3-5-8-17-13(15)18-10-6-7-12(16-4-2)11(14)9-10/h6-7,9,14H,3-5,8H2,1-2H3. The molecule has 0 atom stereocenters. The number of benzene rings is 1. The Kier molecular flexibility index (Phi) is 5.84. The molecule has 5 nitrogen and oxygen atoms in total. The lowest BCUT2D eigenvalue weighted by Crippen LogP contribution is -2.11. The van der Waals surface area contributed by atoms with E-state index in [9.17, 15) is 9.90 Å². The van der Waals surface area contributed by atoms with Crippen LogP contribution >= 0.6 is 0 Å². The lowest BCUT2D eigenvalue weighted by atomic mass is 10.3. The molecule has 0 bridgehead atoms. The molecule has 5 heteroatoms. The van der Waals surface area contributed by atoms with Crippen LogP contribution in [0.1, 0.15) is 26.7 Å². The summed E-state index contributed by atoms with van der Waals surface area (Å²) in [6.45, 7) is 4.60. The molecule has 0 aliphatic heterocycles. The number of rotatable bonds is 6. The van der Waals surface area contributed by atoms with Crippen LogP contribution in [-0.2, 0) is 4.74 Å². The quantitative estimate of drug-likeness (QED) is 0.480. The minimum atomic E-state index is -0.771. The van der Waals surface area contributed by atoms with Crippen LogP contribution < -0.4 is 9.47 Å². The van der Waals surface area contributed by atoms with Gasteiger partial charge in [0.05, 0.1) is 13.2 Å². The van der Waals surface area contributed by atoms with Crippen molar-refractivity contribution in [1.82, 2.24) is 0 Å². The van der Waals surface area contributed by atoms with Crippen LogP contribution in [0, 0.1) is 0 Å². The average Bonchev–Trinajstić information content (AvgIpc) is 2.33. The van der Waals surface area contributed by atoms with Crippen molar-refractivity contribution in [2.45, 2.75) is 26.7 Å². The first kappa shape index (κ1) is 14.2. The highest BCUT2D eigenvalue weighted by Gasteiger charge is 2.09. The predicted octanol–water partition coefficient (Wildman–Crippen LogP) is 3.11. The summed E-state index contributed by atoms with van der Waals surface area (Å²) < 4.78 is 14.9. The van der Waals surface area contributed by atoms with Crippen molar-refractivity contribution < 1.29 is 24.1 Å². The van der Waals surface area contributed by atoms with E-state index in [0.717, 1.165) is 12.8 Å². The van der Waals surface area contributed by atoms with E-state index in [1.807, 2.05) is 13.8 Å². The van der Waals surface area contributed by atoms with Crippen LogP contribution in [0.2, 0.25) is 0 Å². The van der Waals surface area contributed by atoms with Crippen molar-refractivity contribution in [1.29, 1.82) is 0 Å². The predicted molar refractivity (Wildman–Crippen MR) is 66.2 cm³/mol. The van der Waals surface area contributed by atoms with Gasteiger partial charge in [-0.2, -0.15) is 0 Å². The fourth-order valence-corrected chi connectivity index (χ4v) is 1.26. The highest BCUT2D eigenvalue weighted by molar-refractivity contribution is 5.64. The summed E-state index contributed by atoms with van der Waals surface area (Å²) >= 11 is 0. The monoisotopic (exact) mass is 254 g/mol. The number of ether oxygens (including phenoxy) is 3. The number of aromatic hydroxyl groups is 1. The smallest absolute Gasteiger partial charge is 0.504 e. The molecule has 0 fully saturated rings. The summed E-state index contributed by atoms with van der Waals surface area (Å²) in [5.74, 6) is 0.498. The molecule has 0 saturated carbocycles. The van der Waals surface area contributed by atoms with Crippen LogP contribution in [0.3, 0.4) is 0 Å². The third-order valence-electron chi connectivity index (χ3n) is 2.15. The van der Waals surface area contributed by atoms with E-state index in [4.69, 9.17) is 14.2 Å². The van der Waals surface area contributed by atoms with E-state index in [1.165, 1.54) is 18.2 Å². The Balaban J connectivity index is 2.52. The number of phenolic OH excluding ortho intramolecular Hbond substituents is 1. The summed E-state index contributed by atoms with van der Waals surface area (Å²) in [6.07, 6.45) is 0.966. The first-order chi connectivity index (χ1) is 8.67. The van der Waals surface area contributed by atoms with Crippen molar-refractivity contribution in [2.24, 2.45) is 0 Å². The maximum Gasteiger partial charge on any atom is 0.513 e. The molecular weight excluding hydrogens is 236 g/mol. The van der Waals surface area contributed by atoms with Crippen LogP contribution in [0.4, 0.5) is 4.79 Å². The van der Waals surface area contributed by atoms with E-state index in [1.54, 1.807) is 0 Å². The Hall–Kier alpha value is -1.91. The largest absolute Gasteiger partial charge is 0.513 e. The van der Waals surface area contributed by atoms with Crippen molar-refractivity contribution in [3.8, 4) is 17.2 Å². The number of carbonyl (C=O) groups is 1. The zero-order valence-electron chi connectivity index (χ0n) is 10.6. The van der Waals surface area contributed by atoms with E-state index in [0.29, 0.717) is 19.0 Å². The fraction of sp³-hybridized carbons (Fsp3) is 0.462. The van der Waals surface area contributed by atoms with Gasteiger partial charge in [-0.1, -0.05) is 13.3 Å². The van der Waals surface area contributed by atoms with Gasteiger partial charge < -0.3 is 19.3 Å². The number of hydrogen-bond donors (Lipinski definition) is 1. The highest BCUT2D eigenvalue weighted by Crippen LogP contribution is 2.30. The lowest BCUT2D eigenvalue weighted by molar-refractivity contribution is 0.0977. The van der Waals surface area contributed by atoms with E-state index in [-0.39, 0.29) is 11.5 Å². The molecular formula is C13H18O5. The number of phenols is 1. The second kappa shape index (κ2) is 7.42. The third-order valence-corrected chi connectivity index (χ3v) is 2.15. The highest BCUT2D eigenvalue weighted by atomic mass is 16.7. The van der Waals surface area contributed by atoms with Gasteiger partial charge in [-0.05, 0) is 25.5 Å². The number of carbonyl (C=O) groups excluding carboxylic acids is 1. The van der Waals surface area contributed by atoms with Gasteiger partial charge >= 0.3 is 6.16 Å². The molecule has 1 aromatic rings. The van der Waals surface area contributed by atoms with Crippen molar-refractivity contribution >= 4 is 6.16 Å². The van der Waals surface area contributed by atoms with Gasteiger partial charge in [0, 0.05) is 6.07 Å². The first-order valence-electron chi connectivity index (χ1n) is 5.97. The molecule has 0 saturated heterocycles. The Morgan fingerprint density at radius 3 is 2.72 bits per heavy atom.